The van der Waals surface area contributed by atoms with Crippen LogP contribution in [0, 0.1) is 28.6 Å². The van der Waals surface area contributed by atoms with Gasteiger partial charge in [0.05, 0.1) is 13.2 Å². The molecule has 0 bridgehead atoms. The number of esters is 1. The van der Waals surface area contributed by atoms with Crippen molar-refractivity contribution < 1.29 is 24.5 Å². The fraction of sp³-hybridized carbons (Fsp3) is 0.826. The van der Waals surface area contributed by atoms with Gasteiger partial charge in [0.1, 0.15) is 6.61 Å². The molecule has 3 aliphatic carbocycles. The zero-order valence-electron chi connectivity index (χ0n) is 17.8. The molecule has 0 aromatic rings. The van der Waals surface area contributed by atoms with E-state index >= 15 is 0 Å². The van der Waals surface area contributed by atoms with Gasteiger partial charge in [-0.15, -0.1) is 0 Å². The maximum absolute atomic E-state index is 12.4. The highest BCUT2D eigenvalue weighted by atomic mass is 16.5. The second-order valence-corrected chi connectivity index (χ2v) is 9.70. The summed E-state index contributed by atoms with van der Waals surface area (Å²) in [7, 11) is 1.42. The molecule has 0 radical (unpaired) electrons. The fourth-order valence-electron chi connectivity index (χ4n) is 6.96. The minimum Gasteiger partial charge on any atom is -0.469 e. The van der Waals surface area contributed by atoms with Gasteiger partial charge in [-0.25, -0.2) is 0 Å². The third kappa shape index (κ3) is 3.35. The van der Waals surface area contributed by atoms with Crippen molar-refractivity contribution in [3.63, 3.8) is 0 Å². The molecule has 158 valence electrons. The molecule has 5 nitrogen and oxygen atoms in total. The average Bonchev–Trinajstić information content (AvgIpc) is 3.02. The number of aliphatic hydroxyl groups excluding tert-OH is 2. The Bertz CT molecular complexity index is 666. The second kappa shape index (κ2) is 7.91. The third-order valence-electron chi connectivity index (χ3n) is 8.49. The van der Waals surface area contributed by atoms with Crippen molar-refractivity contribution in [2.24, 2.45) is 28.6 Å². The lowest BCUT2D eigenvalue weighted by Crippen LogP contribution is -2.46. The molecule has 0 unspecified atom stereocenters. The van der Waals surface area contributed by atoms with Crippen LogP contribution in [0.25, 0.3) is 0 Å². The number of hydrogen-bond donors (Lipinski definition) is 2. The lowest BCUT2D eigenvalue weighted by atomic mass is 9.52. The van der Waals surface area contributed by atoms with Crippen molar-refractivity contribution in [1.29, 1.82) is 0 Å². The van der Waals surface area contributed by atoms with E-state index in [1.807, 2.05) is 6.92 Å². The van der Waals surface area contributed by atoms with E-state index in [0.717, 1.165) is 38.5 Å². The molecular weight excluding hydrogens is 356 g/mol. The number of hydrogen-bond acceptors (Lipinski definition) is 5. The van der Waals surface area contributed by atoms with Crippen LogP contribution < -0.4 is 0 Å². The number of carbonyl (C=O) groups is 2. The van der Waals surface area contributed by atoms with Crippen LogP contribution in [0.2, 0.25) is 0 Å². The second-order valence-electron chi connectivity index (χ2n) is 9.70. The summed E-state index contributed by atoms with van der Waals surface area (Å²) < 4.78 is 4.88. The highest BCUT2D eigenvalue weighted by Gasteiger charge is 2.56. The Balaban J connectivity index is 1.97. The molecule has 28 heavy (non-hydrogen) atoms. The lowest BCUT2D eigenvalue weighted by molar-refractivity contribution is -0.141. The van der Waals surface area contributed by atoms with Crippen LogP contribution in [-0.4, -0.2) is 41.8 Å². The summed E-state index contributed by atoms with van der Waals surface area (Å²) in [6, 6.07) is 0. The van der Waals surface area contributed by atoms with Gasteiger partial charge in [0, 0.05) is 12.3 Å². The fourth-order valence-corrected chi connectivity index (χ4v) is 6.96. The first-order valence-electron chi connectivity index (χ1n) is 10.8. The SMILES string of the molecule is COC(=O)CC[C@]1(C)C2=C(CC[C@H]1[C@H](C)O)[C@@H]1CC[C@H](C(=O)CO)[C@@]1(C)CC2. The molecule has 0 aromatic carbocycles. The number of ketones is 1. The van der Waals surface area contributed by atoms with Gasteiger partial charge in [-0.2, -0.15) is 0 Å². The predicted octanol–water partition coefficient (Wildman–Crippen LogP) is 3.42. The molecule has 1 fully saturated rings. The molecule has 2 N–H and O–H groups in total. The molecule has 0 saturated heterocycles. The van der Waals surface area contributed by atoms with Crippen LogP contribution in [0.15, 0.2) is 11.1 Å². The number of allylic oxidation sites excluding steroid dienone is 2. The van der Waals surface area contributed by atoms with Gasteiger partial charge in [-0.3, -0.25) is 9.59 Å². The summed E-state index contributed by atoms with van der Waals surface area (Å²) >= 11 is 0. The highest BCUT2D eigenvalue weighted by molar-refractivity contribution is 5.83. The molecular formula is C23H36O5. The number of Topliss-reactive ketones (excluding diaryl/α,β-unsaturated/α-hetero) is 1. The quantitative estimate of drug-likeness (QED) is 0.534. The number of rotatable bonds is 6. The topological polar surface area (TPSA) is 83.8 Å². The van der Waals surface area contributed by atoms with Crippen molar-refractivity contribution in [2.75, 3.05) is 13.7 Å². The number of carbonyl (C=O) groups excluding carboxylic acids is 2. The van der Waals surface area contributed by atoms with Gasteiger partial charge in [0.15, 0.2) is 5.78 Å². The molecule has 0 spiro atoms. The standard InChI is InChI=1S/C23H36O5/c1-14(25)16-6-5-15-17-7-8-19(20(26)13-24)23(17,3)11-9-18(15)22(16,2)12-10-21(27)28-4/h14,16-17,19,24-25H,5-13H2,1-4H3/t14-,16-,17-,19+,22-,23-/m0/s1. The first kappa shape index (κ1) is 21.5. The minimum absolute atomic E-state index is 0.0137. The maximum Gasteiger partial charge on any atom is 0.305 e. The van der Waals surface area contributed by atoms with Crippen LogP contribution in [0.4, 0.5) is 0 Å². The summed E-state index contributed by atoms with van der Waals surface area (Å²) in [5, 5.41) is 19.9. The average molecular weight is 393 g/mol. The van der Waals surface area contributed by atoms with Crippen molar-refractivity contribution in [3.8, 4) is 0 Å². The van der Waals surface area contributed by atoms with Crippen molar-refractivity contribution >= 4 is 11.8 Å². The summed E-state index contributed by atoms with van der Waals surface area (Å²) in [5.41, 5.74) is 2.62. The van der Waals surface area contributed by atoms with Crippen LogP contribution in [-0.2, 0) is 14.3 Å². The first-order chi connectivity index (χ1) is 13.2. The predicted molar refractivity (Wildman–Crippen MR) is 106 cm³/mol. The minimum atomic E-state index is -0.419. The normalized spacial score (nSPS) is 38.6. The zero-order valence-corrected chi connectivity index (χ0v) is 17.8. The molecule has 0 aliphatic heterocycles. The molecule has 6 atom stereocenters. The van der Waals surface area contributed by atoms with Gasteiger partial charge in [-0.05, 0) is 74.5 Å². The van der Waals surface area contributed by atoms with E-state index in [0.29, 0.717) is 18.8 Å². The Kier molecular flexibility index (Phi) is 6.07. The Hall–Kier alpha value is -1.20. The molecule has 0 amide bonds. The van der Waals surface area contributed by atoms with E-state index in [2.05, 4.69) is 13.8 Å². The largest absolute Gasteiger partial charge is 0.469 e. The van der Waals surface area contributed by atoms with Crippen molar-refractivity contribution in [2.45, 2.75) is 78.2 Å². The summed E-state index contributed by atoms with van der Waals surface area (Å²) in [5.74, 6) is 0.252. The van der Waals surface area contributed by atoms with Gasteiger partial charge in [-0.1, -0.05) is 25.0 Å². The lowest BCUT2D eigenvalue weighted by Gasteiger charge is -2.53. The first-order valence-corrected chi connectivity index (χ1v) is 10.8. The van der Waals surface area contributed by atoms with Gasteiger partial charge >= 0.3 is 5.97 Å². The van der Waals surface area contributed by atoms with Crippen LogP contribution in [0.1, 0.15) is 72.1 Å². The molecule has 3 aliphatic rings. The molecule has 0 aromatic heterocycles. The van der Waals surface area contributed by atoms with Crippen LogP contribution in [0.3, 0.4) is 0 Å². The van der Waals surface area contributed by atoms with E-state index in [4.69, 9.17) is 4.74 Å². The van der Waals surface area contributed by atoms with Crippen molar-refractivity contribution in [3.05, 3.63) is 11.1 Å². The van der Waals surface area contributed by atoms with E-state index in [1.54, 1.807) is 0 Å². The zero-order chi connectivity index (χ0) is 20.7. The Morgan fingerprint density at radius 3 is 2.54 bits per heavy atom. The van der Waals surface area contributed by atoms with E-state index in [1.165, 1.54) is 18.3 Å². The Morgan fingerprint density at radius 2 is 1.93 bits per heavy atom. The monoisotopic (exact) mass is 392 g/mol. The van der Waals surface area contributed by atoms with Gasteiger partial charge in [0.25, 0.3) is 0 Å². The van der Waals surface area contributed by atoms with Crippen LogP contribution in [0.5, 0.6) is 0 Å². The number of ether oxygens (including phenoxy) is 1. The molecule has 3 rings (SSSR count). The number of aliphatic hydroxyl groups is 2. The summed E-state index contributed by atoms with van der Waals surface area (Å²) in [4.78, 5) is 24.2. The number of fused-ring (bicyclic) bond motifs is 2. The van der Waals surface area contributed by atoms with E-state index < -0.39 is 6.10 Å². The van der Waals surface area contributed by atoms with E-state index in [9.17, 15) is 19.8 Å². The Morgan fingerprint density at radius 1 is 1.21 bits per heavy atom. The molecule has 0 heterocycles. The molecule has 5 heteroatoms. The maximum atomic E-state index is 12.4. The third-order valence-corrected chi connectivity index (χ3v) is 8.49. The molecule has 1 saturated carbocycles. The van der Waals surface area contributed by atoms with Gasteiger partial charge < -0.3 is 14.9 Å². The highest BCUT2D eigenvalue weighted by Crippen LogP contribution is 2.64. The van der Waals surface area contributed by atoms with Crippen molar-refractivity contribution in [1.82, 2.24) is 0 Å². The Labute approximate surface area is 168 Å². The van der Waals surface area contributed by atoms with Crippen LogP contribution >= 0.6 is 0 Å². The van der Waals surface area contributed by atoms with E-state index in [-0.39, 0.29) is 41.0 Å². The van der Waals surface area contributed by atoms with Gasteiger partial charge in [0.2, 0.25) is 0 Å². The summed E-state index contributed by atoms with van der Waals surface area (Å²) in [6.07, 6.45) is 6.23. The number of methoxy groups -OCH3 is 1. The smallest absolute Gasteiger partial charge is 0.305 e. The summed E-state index contributed by atoms with van der Waals surface area (Å²) in [6.45, 7) is 5.96.